The van der Waals surface area contributed by atoms with Crippen LogP contribution in [0, 0.1) is 24.9 Å². The van der Waals surface area contributed by atoms with Gasteiger partial charge in [0.05, 0.1) is 0 Å². The Morgan fingerprint density at radius 1 is 0.886 bits per heavy atom. The predicted molar refractivity (Wildman–Crippen MR) is 136 cm³/mol. The number of benzene rings is 3. The van der Waals surface area contributed by atoms with Crippen LogP contribution < -0.4 is 42.1 Å². The zero-order valence-electron chi connectivity index (χ0n) is 20.4. The van der Waals surface area contributed by atoms with Crippen LogP contribution in [-0.4, -0.2) is 19.0 Å². The average Bonchev–Trinajstić information content (AvgIpc) is 3.20. The number of methoxy groups -OCH3 is 1. The van der Waals surface area contributed by atoms with E-state index in [1.807, 2.05) is 12.1 Å². The second-order valence-electron chi connectivity index (χ2n) is 9.97. The SMILES string of the molecule is COc1cc2cccc([I-]c3ccc(N)c(N)c3)c2cc1OC1CCC(C2CCC(C)C2=O)CC1. The van der Waals surface area contributed by atoms with Crippen LogP contribution in [0.3, 0.4) is 0 Å². The van der Waals surface area contributed by atoms with Crippen LogP contribution in [0.2, 0.25) is 0 Å². The average molecular weight is 586 g/mol. The second-order valence-corrected chi connectivity index (χ2v) is 12.9. The van der Waals surface area contributed by atoms with Crippen molar-refractivity contribution >= 4 is 27.9 Å². The van der Waals surface area contributed by atoms with E-state index in [0.717, 1.165) is 55.4 Å². The number of Topliss-reactive ketones (excluding diaryl/α,β-unsaturated/α-hetero) is 1. The normalized spacial score (nSPS) is 24.7. The minimum absolute atomic E-state index is 0.158. The molecule has 0 radical (unpaired) electrons. The van der Waals surface area contributed by atoms with E-state index in [0.29, 0.717) is 23.1 Å². The van der Waals surface area contributed by atoms with Crippen molar-refractivity contribution in [2.75, 3.05) is 18.6 Å². The number of halogens is 1. The molecule has 5 nitrogen and oxygen atoms in total. The van der Waals surface area contributed by atoms with Crippen molar-refractivity contribution in [2.45, 2.75) is 51.6 Å². The van der Waals surface area contributed by atoms with E-state index in [-0.39, 0.29) is 17.9 Å². The molecule has 2 fully saturated rings. The molecule has 0 bridgehead atoms. The standard InChI is InChI=1S/C29H34IN2O3/c1-17-6-12-22(29(17)33)18-7-10-21(11-8-18)35-28-16-23-19(14-27(28)34-2)4-3-5-24(23)30-20-9-13-25(31)26(32)15-20/h3-5,9,13-18,21-22H,6-8,10-12,31-32H2,1-2H3/q-1. The molecule has 0 amide bonds. The molecule has 2 saturated carbocycles. The van der Waals surface area contributed by atoms with Gasteiger partial charge < -0.3 is 0 Å². The van der Waals surface area contributed by atoms with Crippen LogP contribution in [0.5, 0.6) is 11.5 Å². The van der Waals surface area contributed by atoms with Crippen LogP contribution in [0.25, 0.3) is 10.8 Å². The Bertz CT molecular complexity index is 1240. The van der Waals surface area contributed by atoms with Crippen LogP contribution in [-0.2, 0) is 4.79 Å². The van der Waals surface area contributed by atoms with Gasteiger partial charge in [-0.25, -0.2) is 0 Å². The Labute approximate surface area is 217 Å². The minimum atomic E-state index is -0.435. The van der Waals surface area contributed by atoms with E-state index in [9.17, 15) is 4.79 Å². The molecule has 6 heteroatoms. The van der Waals surface area contributed by atoms with Gasteiger partial charge in [0.1, 0.15) is 0 Å². The number of fused-ring (bicyclic) bond motifs is 1. The van der Waals surface area contributed by atoms with Crippen molar-refractivity contribution in [3.63, 3.8) is 0 Å². The van der Waals surface area contributed by atoms with Gasteiger partial charge in [0.25, 0.3) is 0 Å². The molecule has 186 valence electrons. The van der Waals surface area contributed by atoms with Gasteiger partial charge in [0.15, 0.2) is 0 Å². The van der Waals surface area contributed by atoms with Gasteiger partial charge in [-0.1, -0.05) is 6.92 Å². The fourth-order valence-electron chi connectivity index (χ4n) is 5.64. The summed E-state index contributed by atoms with van der Waals surface area (Å²) in [5, 5.41) is 2.35. The van der Waals surface area contributed by atoms with Crippen molar-refractivity contribution in [1.29, 1.82) is 0 Å². The van der Waals surface area contributed by atoms with Crippen LogP contribution in [0.1, 0.15) is 45.4 Å². The quantitative estimate of drug-likeness (QED) is 0.343. The van der Waals surface area contributed by atoms with E-state index in [1.165, 1.54) is 12.5 Å². The number of nitrogens with two attached hydrogens (primary N) is 2. The summed E-state index contributed by atoms with van der Waals surface area (Å²) < 4.78 is 14.8. The molecule has 0 aliphatic heterocycles. The van der Waals surface area contributed by atoms with E-state index in [1.54, 1.807) is 7.11 Å². The third-order valence-electron chi connectivity index (χ3n) is 7.71. The van der Waals surface area contributed by atoms with Gasteiger partial charge >= 0.3 is 212 Å². The first-order valence-corrected chi connectivity index (χ1v) is 14.7. The number of rotatable bonds is 6. The molecule has 2 aliphatic rings. The van der Waals surface area contributed by atoms with Gasteiger partial charge in [-0.15, -0.1) is 0 Å². The third kappa shape index (κ3) is 5.08. The molecule has 0 spiro atoms. The Balaban J connectivity index is 1.34. The molecule has 4 N–H and O–H groups in total. The van der Waals surface area contributed by atoms with Crippen molar-refractivity contribution in [3.05, 3.63) is 55.7 Å². The maximum atomic E-state index is 12.5. The summed E-state index contributed by atoms with van der Waals surface area (Å²) in [6.45, 7) is 2.09. The Kier molecular flexibility index (Phi) is 7.09. The molecule has 2 atom stereocenters. The van der Waals surface area contributed by atoms with E-state index in [2.05, 4.69) is 43.3 Å². The number of carbonyl (C=O) groups is 1. The van der Waals surface area contributed by atoms with Crippen molar-refractivity contribution in [1.82, 2.24) is 0 Å². The molecule has 0 saturated heterocycles. The third-order valence-corrected chi connectivity index (χ3v) is 10.5. The molecule has 0 aromatic heterocycles. The van der Waals surface area contributed by atoms with Crippen LogP contribution >= 0.6 is 0 Å². The topological polar surface area (TPSA) is 87.6 Å². The van der Waals surface area contributed by atoms with Gasteiger partial charge in [0.2, 0.25) is 0 Å². The second kappa shape index (κ2) is 10.2. The van der Waals surface area contributed by atoms with Crippen molar-refractivity contribution in [2.24, 2.45) is 17.8 Å². The van der Waals surface area contributed by atoms with E-state index in [4.69, 9.17) is 20.9 Å². The Morgan fingerprint density at radius 3 is 2.37 bits per heavy atom. The monoisotopic (exact) mass is 585 g/mol. The fourth-order valence-corrected chi connectivity index (χ4v) is 8.31. The number of hydrogen-bond acceptors (Lipinski definition) is 5. The number of ketones is 1. The molecule has 2 unspecified atom stereocenters. The van der Waals surface area contributed by atoms with E-state index >= 15 is 0 Å². The summed E-state index contributed by atoms with van der Waals surface area (Å²) in [6.07, 6.45) is 6.40. The molecular formula is C29H34IN2O3-. The molecular weight excluding hydrogens is 551 g/mol. The molecule has 2 aliphatic carbocycles. The van der Waals surface area contributed by atoms with Gasteiger partial charge in [-0.3, -0.25) is 0 Å². The van der Waals surface area contributed by atoms with E-state index < -0.39 is 21.2 Å². The van der Waals surface area contributed by atoms with Crippen LogP contribution in [0.15, 0.2) is 48.5 Å². The first-order valence-electron chi connectivity index (χ1n) is 12.5. The number of nitrogen functional groups attached to an aromatic ring is 2. The molecule has 0 heterocycles. The van der Waals surface area contributed by atoms with Gasteiger partial charge in [-0.2, -0.15) is 0 Å². The number of ether oxygens (including phenoxy) is 2. The predicted octanol–water partition coefficient (Wildman–Crippen LogP) is 2.69. The van der Waals surface area contributed by atoms with Crippen LogP contribution in [0.4, 0.5) is 11.4 Å². The first kappa shape index (κ1) is 24.2. The molecule has 3 aromatic rings. The molecule has 35 heavy (non-hydrogen) atoms. The Hall–Kier alpha value is -2.48. The van der Waals surface area contributed by atoms with Crippen molar-refractivity contribution in [3.8, 4) is 11.5 Å². The van der Waals surface area contributed by atoms with Crippen molar-refractivity contribution < 1.29 is 35.5 Å². The van der Waals surface area contributed by atoms with Gasteiger partial charge in [0, 0.05) is 0 Å². The number of hydrogen-bond donors (Lipinski definition) is 2. The summed E-state index contributed by atoms with van der Waals surface area (Å²) in [5.41, 5.74) is 13.2. The summed E-state index contributed by atoms with van der Waals surface area (Å²) in [5.74, 6) is 3.11. The number of carbonyl (C=O) groups excluding carboxylic acids is 1. The first-order chi connectivity index (χ1) is 16.9. The molecule has 3 aromatic carbocycles. The summed E-state index contributed by atoms with van der Waals surface area (Å²) in [7, 11) is 1.70. The summed E-state index contributed by atoms with van der Waals surface area (Å²) >= 11 is -0.435. The summed E-state index contributed by atoms with van der Waals surface area (Å²) in [6, 6.07) is 16.6. The maximum absolute atomic E-state index is 12.5. The summed E-state index contributed by atoms with van der Waals surface area (Å²) in [4.78, 5) is 12.5. The number of anilines is 2. The fraction of sp³-hybridized carbons (Fsp3) is 0.414. The molecule has 5 rings (SSSR count). The zero-order chi connectivity index (χ0) is 24.5. The van der Waals surface area contributed by atoms with Gasteiger partial charge in [-0.05, 0) is 0 Å². The Morgan fingerprint density at radius 2 is 1.69 bits per heavy atom. The zero-order valence-corrected chi connectivity index (χ0v) is 22.6.